The summed E-state index contributed by atoms with van der Waals surface area (Å²) in [6.07, 6.45) is 2.00. The number of nitrogens with zero attached hydrogens (tertiary/aromatic N) is 4. The molecule has 0 amide bonds. The molecule has 0 fully saturated rings. The van der Waals surface area contributed by atoms with Gasteiger partial charge in [0, 0.05) is 35.9 Å². The normalized spacial score (nSPS) is 12.2. The first kappa shape index (κ1) is 25.9. The van der Waals surface area contributed by atoms with Crippen molar-refractivity contribution in [3.63, 3.8) is 0 Å². The monoisotopic (exact) mass is 527 g/mol. The summed E-state index contributed by atoms with van der Waals surface area (Å²) in [6.45, 7) is 3.31. The molecule has 10 heteroatoms. The third-order valence-corrected chi connectivity index (χ3v) is 6.31. The van der Waals surface area contributed by atoms with Crippen LogP contribution in [0.5, 0.6) is 0 Å². The number of aliphatic hydroxyl groups is 1. The molecule has 0 aliphatic carbocycles. The van der Waals surface area contributed by atoms with Crippen LogP contribution in [0.2, 0.25) is 10.0 Å². The first-order chi connectivity index (χ1) is 17.3. The van der Waals surface area contributed by atoms with Crippen LogP contribution in [0.25, 0.3) is 22.2 Å². The number of rotatable bonds is 9. The van der Waals surface area contributed by atoms with Crippen LogP contribution in [-0.4, -0.2) is 51.5 Å². The molecule has 2 heterocycles. The zero-order chi connectivity index (χ0) is 25.8. The molecule has 8 nitrogen and oxygen atoms in total. The van der Waals surface area contributed by atoms with Gasteiger partial charge in [-0.1, -0.05) is 41.4 Å². The van der Waals surface area contributed by atoms with Crippen molar-refractivity contribution in [2.75, 3.05) is 26.0 Å². The van der Waals surface area contributed by atoms with E-state index in [0.29, 0.717) is 39.0 Å². The summed E-state index contributed by atoms with van der Waals surface area (Å²) in [4.78, 5) is 29.7. The highest BCUT2D eigenvalue weighted by molar-refractivity contribution is 6.39. The Morgan fingerprint density at radius 1 is 1.17 bits per heavy atom. The molecule has 0 unspecified atom stereocenters. The van der Waals surface area contributed by atoms with Crippen LogP contribution in [0.4, 0.5) is 11.6 Å². The summed E-state index contributed by atoms with van der Waals surface area (Å²) in [6, 6.07) is 14.6. The van der Waals surface area contributed by atoms with Gasteiger partial charge in [-0.15, -0.1) is 4.73 Å². The fourth-order valence-electron chi connectivity index (χ4n) is 3.91. The number of benzene rings is 2. The Morgan fingerprint density at radius 2 is 1.89 bits per heavy atom. The van der Waals surface area contributed by atoms with Crippen molar-refractivity contribution in [1.82, 2.24) is 19.6 Å². The molecule has 188 valence electrons. The van der Waals surface area contributed by atoms with Gasteiger partial charge in [-0.3, -0.25) is 4.79 Å². The highest BCUT2D eigenvalue weighted by atomic mass is 35.5. The van der Waals surface area contributed by atoms with Crippen molar-refractivity contribution < 1.29 is 9.94 Å². The topological polar surface area (TPSA) is 92.5 Å². The summed E-state index contributed by atoms with van der Waals surface area (Å²) in [7, 11) is 3.41. The molecule has 0 spiro atoms. The molecule has 36 heavy (non-hydrogen) atoms. The van der Waals surface area contributed by atoms with Crippen molar-refractivity contribution in [3.05, 3.63) is 80.7 Å². The van der Waals surface area contributed by atoms with Crippen LogP contribution < -0.4 is 15.7 Å². The predicted molar refractivity (Wildman–Crippen MR) is 144 cm³/mol. The quantitative estimate of drug-likeness (QED) is 0.323. The Labute approximate surface area is 219 Å². The van der Waals surface area contributed by atoms with Gasteiger partial charge in [0.25, 0.3) is 5.56 Å². The molecule has 0 bridgehead atoms. The lowest BCUT2D eigenvalue weighted by molar-refractivity contribution is 0.163. The maximum atomic E-state index is 13.3. The molecule has 0 aliphatic heterocycles. The van der Waals surface area contributed by atoms with Crippen molar-refractivity contribution in [2.45, 2.75) is 26.0 Å². The SMILES string of the molecule is COn1c(=O)c(-c2c(Cl)cccc2Cl)cc2cnc(Nc3cccc(CN(C)CC[C@H](C)O)c3)nc21. The third-order valence-electron chi connectivity index (χ3n) is 5.68. The molecule has 1 atom stereocenters. The smallest absolute Gasteiger partial charge is 0.293 e. The molecule has 2 N–H and O–H groups in total. The van der Waals surface area contributed by atoms with Crippen LogP contribution in [0, 0.1) is 0 Å². The van der Waals surface area contributed by atoms with Crippen LogP contribution >= 0.6 is 23.2 Å². The van der Waals surface area contributed by atoms with Crippen LogP contribution in [0.3, 0.4) is 0 Å². The van der Waals surface area contributed by atoms with E-state index < -0.39 is 5.56 Å². The Hall–Kier alpha value is -3.17. The van der Waals surface area contributed by atoms with E-state index >= 15 is 0 Å². The number of aromatic nitrogens is 3. The molecule has 2 aromatic heterocycles. The number of fused-ring (bicyclic) bond motifs is 1. The standard InChI is InChI=1S/C26H27Cl2N5O3/c1-16(34)10-11-32(2)15-17-6-4-7-19(12-17)30-26-29-14-18-13-20(23-21(27)8-5-9-22(23)28)25(35)33(36-3)24(18)31-26/h4-9,12-14,16,34H,10-11,15H2,1-3H3,(H,29,30,31)/t16-/m0/s1. The molecule has 4 rings (SSSR count). The average Bonchev–Trinajstić information content (AvgIpc) is 2.83. The van der Waals surface area contributed by atoms with E-state index in [9.17, 15) is 9.90 Å². The highest BCUT2D eigenvalue weighted by Crippen LogP contribution is 2.33. The lowest BCUT2D eigenvalue weighted by Gasteiger charge is -2.18. The summed E-state index contributed by atoms with van der Waals surface area (Å²) >= 11 is 12.7. The number of nitrogens with one attached hydrogen (secondary N) is 1. The Balaban J connectivity index is 1.64. The van der Waals surface area contributed by atoms with Gasteiger partial charge in [0.05, 0.1) is 21.7 Å². The van der Waals surface area contributed by atoms with Gasteiger partial charge in [0.2, 0.25) is 5.95 Å². The molecular weight excluding hydrogens is 501 g/mol. The molecule has 2 aromatic carbocycles. The molecule has 0 radical (unpaired) electrons. The van der Waals surface area contributed by atoms with Crippen LogP contribution in [-0.2, 0) is 6.54 Å². The second kappa shape index (κ2) is 11.3. The zero-order valence-corrected chi connectivity index (χ0v) is 21.7. The summed E-state index contributed by atoms with van der Waals surface area (Å²) in [5.41, 5.74) is 2.49. The number of halogens is 2. The highest BCUT2D eigenvalue weighted by Gasteiger charge is 2.18. The first-order valence-corrected chi connectivity index (χ1v) is 12.2. The molecule has 0 saturated heterocycles. The number of hydrogen-bond acceptors (Lipinski definition) is 7. The van der Waals surface area contributed by atoms with E-state index in [4.69, 9.17) is 28.0 Å². The lowest BCUT2D eigenvalue weighted by atomic mass is 10.1. The van der Waals surface area contributed by atoms with Gasteiger partial charge in [0.15, 0.2) is 5.65 Å². The maximum absolute atomic E-state index is 13.3. The van der Waals surface area contributed by atoms with Gasteiger partial charge in [0.1, 0.15) is 7.11 Å². The van der Waals surface area contributed by atoms with E-state index in [2.05, 4.69) is 20.2 Å². The fourth-order valence-corrected chi connectivity index (χ4v) is 4.51. The van der Waals surface area contributed by atoms with E-state index in [1.165, 1.54) is 7.11 Å². The van der Waals surface area contributed by atoms with Gasteiger partial charge in [-0.2, -0.15) is 4.98 Å². The maximum Gasteiger partial charge on any atom is 0.293 e. The number of hydrogen-bond donors (Lipinski definition) is 2. The average molecular weight is 528 g/mol. The minimum absolute atomic E-state index is 0.289. The van der Waals surface area contributed by atoms with Crippen molar-refractivity contribution in [3.8, 4) is 11.1 Å². The molecular formula is C26H27Cl2N5O3. The van der Waals surface area contributed by atoms with E-state index in [1.54, 1.807) is 37.4 Å². The van der Waals surface area contributed by atoms with E-state index in [0.717, 1.165) is 29.1 Å². The van der Waals surface area contributed by atoms with Crippen LogP contribution in [0.15, 0.2) is 59.5 Å². The molecule has 0 aliphatic rings. The minimum Gasteiger partial charge on any atom is -0.412 e. The zero-order valence-electron chi connectivity index (χ0n) is 20.2. The number of aliphatic hydroxyl groups excluding tert-OH is 1. The minimum atomic E-state index is -0.438. The second-order valence-electron chi connectivity index (χ2n) is 8.61. The number of pyridine rings is 1. The van der Waals surface area contributed by atoms with Crippen LogP contribution in [0.1, 0.15) is 18.9 Å². The first-order valence-electron chi connectivity index (χ1n) is 11.4. The van der Waals surface area contributed by atoms with Crippen molar-refractivity contribution in [1.29, 1.82) is 0 Å². The van der Waals surface area contributed by atoms with Gasteiger partial charge >= 0.3 is 0 Å². The Morgan fingerprint density at radius 3 is 2.58 bits per heavy atom. The van der Waals surface area contributed by atoms with E-state index in [1.807, 2.05) is 31.3 Å². The largest absolute Gasteiger partial charge is 0.412 e. The lowest BCUT2D eigenvalue weighted by Crippen LogP contribution is -2.27. The summed E-state index contributed by atoms with van der Waals surface area (Å²) < 4.78 is 1.10. The number of anilines is 2. The summed E-state index contributed by atoms with van der Waals surface area (Å²) in [5.74, 6) is 0.316. The molecule has 4 aromatic rings. The van der Waals surface area contributed by atoms with Gasteiger partial charge < -0.3 is 20.2 Å². The van der Waals surface area contributed by atoms with Crippen molar-refractivity contribution in [2.24, 2.45) is 0 Å². The van der Waals surface area contributed by atoms with Gasteiger partial charge in [-0.25, -0.2) is 4.98 Å². The molecule has 0 saturated carbocycles. The third kappa shape index (κ3) is 5.79. The van der Waals surface area contributed by atoms with Crippen molar-refractivity contribution >= 4 is 45.9 Å². The van der Waals surface area contributed by atoms with Gasteiger partial charge in [-0.05, 0) is 56.3 Å². The van der Waals surface area contributed by atoms with E-state index in [-0.39, 0.29) is 11.7 Å². The Kier molecular flexibility index (Phi) is 8.11. The second-order valence-corrected chi connectivity index (χ2v) is 9.42. The predicted octanol–water partition coefficient (Wildman–Crippen LogP) is 4.77. The Bertz CT molecular complexity index is 1420. The summed E-state index contributed by atoms with van der Waals surface area (Å²) in [5, 5.41) is 14.0. The fraction of sp³-hybridized carbons (Fsp3) is 0.269.